The summed E-state index contributed by atoms with van der Waals surface area (Å²) in [6.07, 6.45) is 5.40. The van der Waals surface area contributed by atoms with Crippen LogP contribution in [-0.4, -0.2) is 31.4 Å². The van der Waals surface area contributed by atoms with Crippen LogP contribution in [0.2, 0.25) is 0 Å². The van der Waals surface area contributed by atoms with Gasteiger partial charge in [0.2, 0.25) is 0 Å². The van der Waals surface area contributed by atoms with E-state index in [-0.39, 0.29) is 11.6 Å². The lowest BCUT2D eigenvalue weighted by molar-refractivity contribution is 0.237. The highest BCUT2D eigenvalue weighted by Gasteiger charge is 2.28. The van der Waals surface area contributed by atoms with Gasteiger partial charge >= 0.3 is 0 Å². The number of nitrogens with zero attached hydrogens (tertiary/aromatic N) is 4. The molecule has 2 aromatic heterocycles. The molecule has 0 spiro atoms. The summed E-state index contributed by atoms with van der Waals surface area (Å²) in [5.74, 6) is 0.750. The smallest absolute Gasteiger partial charge is 0.258 e. The van der Waals surface area contributed by atoms with Crippen LogP contribution in [0.25, 0.3) is 10.9 Å². The van der Waals surface area contributed by atoms with E-state index in [4.69, 9.17) is 0 Å². The molecule has 0 bridgehead atoms. The zero-order valence-corrected chi connectivity index (χ0v) is 12.6. The molecule has 4 rings (SSSR count). The van der Waals surface area contributed by atoms with Crippen molar-refractivity contribution in [3.05, 3.63) is 64.7 Å². The molecular weight excluding hydrogens is 290 g/mol. The number of likely N-dealkylation sites (tertiary alicyclic amines) is 1. The Morgan fingerprint density at radius 2 is 2.17 bits per heavy atom. The first-order valence-corrected chi connectivity index (χ1v) is 7.79. The molecule has 1 aliphatic rings. The monoisotopic (exact) mass is 307 g/mol. The van der Waals surface area contributed by atoms with Crippen LogP contribution in [0.3, 0.4) is 0 Å². The predicted molar refractivity (Wildman–Crippen MR) is 86.8 cm³/mol. The zero-order chi connectivity index (χ0) is 15.6. The van der Waals surface area contributed by atoms with Crippen molar-refractivity contribution in [1.82, 2.24) is 24.8 Å². The molecule has 116 valence electrons. The predicted octanol–water partition coefficient (Wildman–Crippen LogP) is 2.05. The molecule has 1 N–H and O–H groups in total. The Balaban J connectivity index is 1.67. The van der Waals surface area contributed by atoms with Crippen LogP contribution in [0.4, 0.5) is 0 Å². The van der Waals surface area contributed by atoms with Crippen LogP contribution in [0.15, 0.2) is 47.7 Å². The number of para-hydroxylation sites is 1. The maximum atomic E-state index is 12.3. The van der Waals surface area contributed by atoms with Gasteiger partial charge in [-0.1, -0.05) is 12.1 Å². The van der Waals surface area contributed by atoms with Crippen LogP contribution in [0, 0.1) is 0 Å². The summed E-state index contributed by atoms with van der Waals surface area (Å²) in [4.78, 5) is 30.5. The normalized spacial score (nSPS) is 18.5. The van der Waals surface area contributed by atoms with E-state index < -0.39 is 0 Å². The Kier molecular flexibility index (Phi) is 3.59. The van der Waals surface area contributed by atoms with E-state index in [9.17, 15) is 4.79 Å². The molecule has 3 aromatic rings. The summed E-state index contributed by atoms with van der Waals surface area (Å²) in [7, 11) is 0. The van der Waals surface area contributed by atoms with Crippen molar-refractivity contribution in [3.8, 4) is 0 Å². The molecular formula is C17H17N5O. The molecule has 1 aliphatic heterocycles. The lowest BCUT2D eigenvalue weighted by atomic mass is 10.2. The van der Waals surface area contributed by atoms with Gasteiger partial charge in [-0.15, -0.1) is 0 Å². The average Bonchev–Trinajstić information content (AvgIpc) is 3.04. The third-order valence-electron chi connectivity index (χ3n) is 4.32. The summed E-state index contributed by atoms with van der Waals surface area (Å²) in [5.41, 5.74) is 1.66. The molecule has 1 atom stereocenters. The lowest BCUT2D eigenvalue weighted by Crippen LogP contribution is -2.26. The standard InChI is InChI=1S/C17H17N5O/c23-17-13-4-1-2-5-14(13)20-16(21-17)15-6-3-9-22(15)10-12-7-8-18-11-19-12/h1-2,4-5,7-8,11,15H,3,6,9-10H2,(H,20,21,23). The number of nitrogens with one attached hydrogen (secondary N) is 1. The number of H-pyrrole nitrogens is 1. The minimum absolute atomic E-state index is 0.0699. The first kappa shape index (κ1) is 14.0. The van der Waals surface area contributed by atoms with Crippen LogP contribution >= 0.6 is 0 Å². The number of fused-ring (bicyclic) bond motifs is 1. The number of hydrogen-bond donors (Lipinski definition) is 1. The molecule has 0 saturated carbocycles. The minimum Gasteiger partial charge on any atom is -0.309 e. The second-order valence-corrected chi connectivity index (χ2v) is 5.80. The van der Waals surface area contributed by atoms with Gasteiger partial charge < -0.3 is 4.98 Å². The number of benzene rings is 1. The van der Waals surface area contributed by atoms with Gasteiger partial charge in [0.25, 0.3) is 5.56 Å². The largest absolute Gasteiger partial charge is 0.309 e. The van der Waals surface area contributed by atoms with Gasteiger partial charge in [0.1, 0.15) is 12.2 Å². The van der Waals surface area contributed by atoms with E-state index >= 15 is 0 Å². The topological polar surface area (TPSA) is 74.8 Å². The number of aromatic amines is 1. The third kappa shape index (κ3) is 2.73. The highest BCUT2D eigenvalue weighted by atomic mass is 16.1. The summed E-state index contributed by atoms with van der Waals surface area (Å²) in [6, 6.07) is 9.51. The van der Waals surface area contributed by atoms with Gasteiger partial charge in [0.05, 0.1) is 22.6 Å². The molecule has 3 heterocycles. The van der Waals surface area contributed by atoms with Gasteiger partial charge in [0, 0.05) is 12.7 Å². The highest BCUT2D eigenvalue weighted by molar-refractivity contribution is 5.77. The van der Waals surface area contributed by atoms with E-state index in [0.717, 1.165) is 43.0 Å². The Morgan fingerprint density at radius 3 is 3.04 bits per heavy atom. The third-order valence-corrected chi connectivity index (χ3v) is 4.32. The Bertz CT molecular complexity index is 877. The molecule has 1 fully saturated rings. The SMILES string of the molecule is O=c1[nH]c(C2CCCN2Cc2ccncn2)nc2ccccc12. The van der Waals surface area contributed by atoms with Crippen molar-refractivity contribution in [2.24, 2.45) is 0 Å². The van der Waals surface area contributed by atoms with Crippen LogP contribution in [0.1, 0.15) is 30.4 Å². The van der Waals surface area contributed by atoms with Crippen LogP contribution in [0.5, 0.6) is 0 Å². The number of hydrogen-bond acceptors (Lipinski definition) is 5. The summed E-state index contributed by atoms with van der Waals surface area (Å²) in [6.45, 7) is 1.72. The fourth-order valence-corrected chi connectivity index (χ4v) is 3.21. The quantitative estimate of drug-likeness (QED) is 0.801. The molecule has 23 heavy (non-hydrogen) atoms. The summed E-state index contributed by atoms with van der Waals surface area (Å²) in [5, 5.41) is 0.636. The maximum Gasteiger partial charge on any atom is 0.258 e. The molecule has 1 saturated heterocycles. The van der Waals surface area contributed by atoms with Crippen molar-refractivity contribution >= 4 is 10.9 Å². The molecule has 1 aromatic carbocycles. The zero-order valence-electron chi connectivity index (χ0n) is 12.6. The number of rotatable bonds is 3. The van der Waals surface area contributed by atoms with Crippen molar-refractivity contribution in [2.75, 3.05) is 6.54 Å². The Morgan fingerprint density at radius 1 is 1.26 bits per heavy atom. The lowest BCUT2D eigenvalue weighted by Gasteiger charge is -2.23. The summed E-state index contributed by atoms with van der Waals surface area (Å²) < 4.78 is 0. The summed E-state index contributed by atoms with van der Waals surface area (Å²) >= 11 is 0. The van der Waals surface area contributed by atoms with Gasteiger partial charge in [-0.05, 0) is 37.6 Å². The first-order valence-electron chi connectivity index (χ1n) is 7.79. The van der Waals surface area contributed by atoms with Crippen molar-refractivity contribution in [2.45, 2.75) is 25.4 Å². The second kappa shape index (κ2) is 5.89. The van der Waals surface area contributed by atoms with Gasteiger partial charge in [-0.25, -0.2) is 15.0 Å². The molecule has 0 radical (unpaired) electrons. The highest BCUT2D eigenvalue weighted by Crippen LogP contribution is 2.30. The van der Waals surface area contributed by atoms with E-state index in [1.165, 1.54) is 0 Å². The first-order chi connectivity index (χ1) is 11.3. The molecule has 6 nitrogen and oxygen atoms in total. The maximum absolute atomic E-state index is 12.3. The van der Waals surface area contributed by atoms with E-state index in [0.29, 0.717) is 5.39 Å². The van der Waals surface area contributed by atoms with E-state index in [2.05, 4.69) is 24.8 Å². The van der Waals surface area contributed by atoms with Crippen LogP contribution < -0.4 is 5.56 Å². The van der Waals surface area contributed by atoms with E-state index in [1.807, 2.05) is 24.3 Å². The molecule has 0 aliphatic carbocycles. The van der Waals surface area contributed by atoms with Gasteiger partial charge in [0.15, 0.2) is 0 Å². The average molecular weight is 307 g/mol. The van der Waals surface area contributed by atoms with Crippen LogP contribution in [-0.2, 0) is 6.54 Å². The number of aromatic nitrogens is 4. The van der Waals surface area contributed by atoms with E-state index in [1.54, 1.807) is 18.6 Å². The molecule has 1 unspecified atom stereocenters. The fourth-order valence-electron chi connectivity index (χ4n) is 3.21. The Hall–Kier alpha value is -2.60. The minimum atomic E-state index is -0.0699. The van der Waals surface area contributed by atoms with Crippen molar-refractivity contribution in [3.63, 3.8) is 0 Å². The molecule has 6 heteroatoms. The second-order valence-electron chi connectivity index (χ2n) is 5.80. The molecule has 0 amide bonds. The fraction of sp³-hybridized carbons (Fsp3) is 0.294. The van der Waals surface area contributed by atoms with Gasteiger partial charge in [-0.3, -0.25) is 9.69 Å². The van der Waals surface area contributed by atoms with Crippen molar-refractivity contribution in [1.29, 1.82) is 0 Å². The van der Waals surface area contributed by atoms with Crippen molar-refractivity contribution < 1.29 is 0 Å². The Labute approximate surface area is 133 Å². The van der Waals surface area contributed by atoms with Gasteiger partial charge in [-0.2, -0.15) is 0 Å².